The van der Waals surface area contributed by atoms with Crippen LogP contribution in [0.15, 0.2) is 83.7 Å². The largest absolute Gasteiger partial charge is 0.481 e. The van der Waals surface area contributed by atoms with Crippen molar-refractivity contribution in [3.8, 4) is 5.75 Å². The first kappa shape index (κ1) is 24.5. The lowest BCUT2D eigenvalue weighted by molar-refractivity contribution is -0.142. The maximum atomic E-state index is 11.6. The lowest BCUT2D eigenvalue weighted by Crippen LogP contribution is -2.28. The van der Waals surface area contributed by atoms with Crippen LogP contribution in [0.1, 0.15) is 38.8 Å². The van der Waals surface area contributed by atoms with Gasteiger partial charge in [-0.25, -0.2) is 4.98 Å². The van der Waals surface area contributed by atoms with E-state index in [2.05, 4.69) is 15.3 Å². The number of hydrogen-bond acceptors (Lipinski definition) is 6. The SMILES string of the molecule is CC(C)N=C/C(Oc1ccnc(Nc2cccc(C(C)(C)C(=O)O)c2)c1)=C(\N)c1ccccc1. The van der Waals surface area contributed by atoms with Crippen molar-refractivity contribution in [3.05, 3.63) is 89.8 Å². The summed E-state index contributed by atoms with van der Waals surface area (Å²) in [6.45, 7) is 7.29. The van der Waals surface area contributed by atoms with Gasteiger partial charge in [-0.3, -0.25) is 9.79 Å². The van der Waals surface area contributed by atoms with Crippen LogP contribution >= 0.6 is 0 Å². The number of nitrogens with two attached hydrogens (primary N) is 1. The number of aliphatic imine (C=N–C) groups is 1. The standard InChI is InChI=1S/C27H30N4O3/c1-18(2)30-17-23(25(28)19-9-6-5-7-10-19)34-22-13-14-29-24(16-22)31-21-12-8-11-20(15-21)27(3,4)26(32)33/h5-18H,28H2,1-4H3,(H,29,31)(H,32,33)/b25-23+,30-17?. The number of nitrogens with zero attached hydrogens (tertiary/aromatic N) is 2. The fraction of sp³-hybridized carbons (Fsp3) is 0.222. The van der Waals surface area contributed by atoms with Gasteiger partial charge in [-0.05, 0) is 51.5 Å². The third-order valence-electron chi connectivity index (χ3n) is 5.19. The molecule has 0 aliphatic rings. The molecule has 4 N–H and O–H groups in total. The lowest BCUT2D eigenvalue weighted by Gasteiger charge is -2.20. The zero-order valence-corrected chi connectivity index (χ0v) is 19.8. The molecule has 0 aliphatic heterocycles. The van der Waals surface area contributed by atoms with E-state index in [-0.39, 0.29) is 6.04 Å². The predicted octanol–water partition coefficient (Wildman–Crippen LogP) is 5.37. The summed E-state index contributed by atoms with van der Waals surface area (Å²) in [6.07, 6.45) is 3.26. The van der Waals surface area contributed by atoms with Gasteiger partial charge in [-0.2, -0.15) is 0 Å². The van der Waals surface area contributed by atoms with E-state index in [0.29, 0.717) is 28.6 Å². The molecule has 0 atom stereocenters. The molecule has 7 nitrogen and oxygen atoms in total. The number of carboxylic acid groups (broad SMARTS) is 1. The van der Waals surface area contributed by atoms with Crippen LogP contribution in [-0.2, 0) is 10.2 Å². The van der Waals surface area contributed by atoms with Gasteiger partial charge in [-0.15, -0.1) is 0 Å². The minimum atomic E-state index is -1.01. The summed E-state index contributed by atoms with van der Waals surface area (Å²) < 4.78 is 6.12. The number of ether oxygens (including phenoxy) is 1. The van der Waals surface area contributed by atoms with E-state index in [1.165, 1.54) is 0 Å². The highest BCUT2D eigenvalue weighted by Gasteiger charge is 2.29. The number of nitrogens with one attached hydrogen (secondary N) is 1. The van der Waals surface area contributed by atoms with Crippen molar-refractivity contribution in [3.63, 3.8) is 0 Å². The van der Waals surface area contributed by atoms with E-state index >= 15 is 0 Å². The molecule has 0 saturated carbocycles. The highest BCUT2D eigenvalue weighted by atomic mass is 16.5. The molecule has 0 amide bonds. The molecule has 2 aromatic carbocycles. The van der Waals surface area contributed by atoms with Gasteiger partial charge >= 0.3 is 5.97 Å². The number of benzene rings is 2. The van der Waals surface area contributed by atoms with E-state index in [1.807, 2.05) is 56.3 Å². The second kappa shape index (κ2) is 10.7. The van der Waals surface area contributed by atoms with Gasteiger partial charge in [0, 0.05) is 29.6 Å². The molecule has 0 bridgehead atoms. The van der Waals surface area contributed by atoms with Gasteiger partial charge in [0.05, 0.1) is 17.3 Å². The summed E-state index contributed by atoms with van der Waals surface area (Å²) >= 11 is 0. The zero-order chi connectivity index (χ0) is 24.7. The maximum absolute atomic E-state index is 11.6. The number of carbonyl (C=O) groups is 1. The van der Waals surface area contributed by atoms with Gasteiger partial charge in [-0.1, -0.05) is 42.5 Å². The zero-order valence-electron chi connectivity index (χ0n) is 19.8. The molecule has 1 heterocycles. The number of pyridine rings is 1. The number of aliphatic carboxylic acids is 1. The van der Waals surface area contributed by atoms with Crippen molar-refractivity contribution in [2.45, 2.75) is 39.2 Å². The molecular formula is C27H30N4O3. The average molecular weight is 459 g/mol. The second-order valence-corrected chi connectivity index (χ2v) is 8.63. The van der Waals surface area contributed by atoms with Crippen molar-refractivity contribution in [1.82, 2.24) is 4.98 Å². The van der Waals surface area contributed by atoms with Gasteiger partial charge in [0.2, 0.25) is 0 Å². The molecule has 0 spiro atoms. The molecule has 7 heteroatoms. The Bertz CT molecular complexity index is 1200. The third-order valence-corrected chi connectivity index (χ3v) is 5.19. The summed E-state index contributed by atoms with van der Waals surface area (Å²) in [6, 6.07) is 20.4. The number of rotatable bonds is 9. The predicted molar refractivity (Wildman–Crippen MR) is 136 cm³/mol. The van der Waals surface area contributed by atoms with Crippen LogP contribution in [0.3, 0.4) is 0 Å². The van der Waals surface area contributed by atoms with Crippen molar-refractivity contribution >= 4 is 29.4 Å². The van der Waals surface area contributed by atoms with E-state index in [4.69, 9.17) is 10.5 Å². The number of carboxylic acids is 1. The summed E-state index contributed by atoms with van der Waals surface area (Å²) in [5.41, 5.74) is 8.09. The molecule has 3 aromatic rings. The Morgan fingerprint density at radius 3 is 2.53 bits per heavy atom. The quantitative estimate of drug-likeness (QED) is 0.294. The number of hydrogen-bond donors (Lipinski definition) is 3. The summed E-state index contributed by atoms with van der Waals surface area (Å²) in [5.74, 6) is 0.614. The monoisotopic (exact) mass is 458 g/mol. The van der Waals surface area contributed by atoms with Crippen LogP contribution in [0, 0.1) is 0 Å². The fourth-order valence-corrected chi connectivity index (χ4v) is 3.05. The van der Waals surface area contributed by atoms with Crippen molar-refractivity contribution in [2.24, 2.45) is 10.7 Å². The lowest BCUT2D eigenvalue weighted by atomic mass is 9.84. The normalized spacial score (nSPS) is 12.5. The molecule has 0 radical (unpaired) electrons. The molecule has 0 fully saturated rings. The molecular weight excluding hydrogens is 428 g/mol. The van der Waals surface area contributed by atoms with Crippen LogP contribution in [0.2, 0.25) is 0 Å². The molecule has 34 heavy (non-hydrogen) atoms. The van der Waals surface area contributed by atoms with Crippen LogP contribution in [-0.4, -0.2) is 28.3 Å². The Balaban J connectivity index is 1.88. The number of anilines is 2. The topological polar surface area (TPSA) is 110 Å². The highest BCUT2D eigenvalue weighted by Crippen LogP contribution is 2.28. The van der Waals surface area contributed by atoms with E-state index in [9.17, 15) is 9.90 Å². The third kappa shape index (κ3) is 6.22. The van der Waals surface area contributed by atoms with Crippen LogP contribution in [0.25, 0.3) is 5.70 Å². The van der Waals surface area contributed by atoms with Crippen molar-refractivity contribution in [2.75, 3.05) is 5.32 Å². The molecule has 1 aromatic heterocycles. The Labute approximate surface area is 200 Å². The minimum Gasteiger partial charge on any atom is -0.481 e. The van der Waals surface area contributed by atoms with Crippen molar-refractivity contribution < 1.29 is 14.6 Å². The number of allylic oxidation sites excluding steroid dienone is 1. The first-order chi connectivity index (χ1) is 16.2. The van der Waals surface area contributed by atoms with Crippen LogP contribution in [0.4, 0.5) is 11.5 Å². The van der Waals surface area contributed by atoms with E-state index in [1.54, 1.807) is 50.5 Å². The minimum absolute atomic E-state index is 0.0826. The Morgan fingerprint density at radius 2 is 1.85 bits per heavy atom. The van der Waals surface area contributed by atoms with Crippen LogP contribution < -0.4 is 15.8 Å². The molecule has 176 valence electrons. The van der Waals surface area contributed by atoms with Gasteiger partial charge in [0.25, 0.3) is 0 Å². The van der Waals surface area contributed by atoms with Gasteiger partial charge < -0.3 is 20.9 Å². The van der Waals surface area contributed by atoms with E-state index in [0.717, 1.165) is 11.3 Å². The van der Waals surface area contributed by atoms with Crippen molar-refractivity contribution in [1.29, 1.82) is 0 Å². The summed E-state index contributed by atoms with van der Waals surface area (Å²) in [4.78, 5) is 20.4. The second-order valence-electron chi connectivity index (χ2n) is 8.63. The molecule has 3 rings (SSSR count). The van der Waals surface area contributed by atoms with Gasteiger partial charge in [0.15, 0.2) is 5.76 Å². The first-order valence-corrected chi connectivity index (χ1v) is 11.0. The Hall–Kier alpha value is -4.13. The Kier molecular flexibility index (Phi) is 7.68. The molecule has 0 saturated heterocycles. The molecule has 0 aliphatic carbocycles. The fourth-order valence-electron chi connectivity index (χ4n) is 3.05. The highest BCUT2D eigenvalue weighted by molar-refractivity contribution is 5.88. The average Bonchev–Trinajstić information content (AvgIpc) is 2.82. The maximum Gasteiger partial charge on any atom is 0.313 e. The molecule has 0 unspecified atom stereocenters. The van der Waals surface area contributed by atoms with Gasteiger partial charge in [0.1, 0.15) is 11.6 Å². The smallest absolute Gasteiger partial charge is 0.313 e. The summed E-state index contributed by atoms with van der Waals surface area (Å²) in [5, 5.41) is 12.7. The summed E-state index contributed by atoms with van der Waals surface area (Å²) in [7, 11) is 0. The number of aromatic nitrogens is 1. The van der Waals surface area contributed by atoms with E-state index < -0.39 is 11.4 Å². The Morgan fingerprint density at radius 1 is 1.12 bits per heavy atom. The van der Waals surface area contributed by atoms with Crippen LogP contribution in [0.5, 0.6) is 5.75 Å². The first-order valence-electron chi connectivity index (χ1n) is 11.0.